The minimum Gasteiger partial charge on any atom is -0.366 e. The third-order valence-corrected chi connectivity index (χ3v) is 2.62. The first kappa shape index (κ1) is 14.3. The standard InChI is InChI=1S/C15H19N3O2/c1-15(2,3)20-10-14(19)17-12-6-4-11(5-7-12)13-8-9-16-18-13/h4-9H,10H2,1-3H3,(H,16,18)(H,17,19). The maximum Gasteiger partial charge on any atom is 0.250 e. The van der Waals surface area contributed by atoms with Crippen LogP contribution in [0.1, 0.15) is 20.8 Å². The Kier molecular flexibility index (Phi) is 4.20. The number of carbonyl (C=O) groups excluding carboxylic acids is 1. The molecule has 1 amide bonds. The number of carbonyl (C=O) groups is 1. The summed E-state index contributed by atoms with van der Waals surface area (Å²) in [6.45, 7) is 5.80. The number of rotatable bonds is 4. The van der Waals surface area contributed by atoms with E-state index < -0.39 is 0 Å². The van der Waals surface area contributed by atoms with Crippen LogP contribution in [0.4, 0.5) is 5.69 Å². The van der Waals surface area contributed by atoms with Crippen LogP contribution in [0.5, 0.6) is 0 Å². The predicted octanol–water partition coefficient (Wildman–Crippen LogP) is 2.83. The van der Waals surface area contributed by atoms with Gasteiger partial charge in [0.05, 0.1) is 11.3 Å². The smallest absolute Gasteiger partial charge is 0.250 e. The number of aromatic amines is 1. The van der Waals surface area contributed by atoms with E-state index in [1.807, 2.05) is 51.1 Å². The molecular weight excluding hydrogens is 254 g/mol. The molecule has 0 unspecified atom stereocenters. The molecular formula is C15H19N3O2. The quantitative estimate of drug-likeness (QED) is 0.900. The summed E-state index contributed by atoms with van der Waals surface area (Å²) in [7, 11) is 0. The molecule has 0 bridgehead atoms. The van der Waals surface area contributed by atoms with Gasteiger partial charge in [-0.15, -0.1) is 0 Å². The number of benzene rings is 1. The zero-order valence-electron chi connectivity index (χ0n) is 11.9. The largest absolute Gasteiger partial charge is 0.366 e. The lowest BCUT2D eigenvalue weighted by Crippen LogP contribution is -2.27. The van der Waals surface area contributed by atoms with Crippen LogP contribution in [0.15, 0.2) is 36.5 Å². The monoisotopic (exact) mass is 273 g/mol. The Bertz CT molecular complexity index is 554. The Morgan fingerprint density at radius 3 is 2.50 bits per heavy atom. The second-order valence-electron chi connectivity index (χ2n) is 5.50. The fourth-order valence-corrected chi connectivity index (χ4v) is 1.63. The van der Waals surface area contributed by atoms with Crippen molar-refractivity contribution in [3.63, 3.8) is 0 Å². The number of ether oxygens (including phenoxy) is 1. The van der Waals surface area contributed by atoms with E-state index in [1.54, 1.807) is 6.20 Å². The van der Waals surface area contributed by atoms with Crippen molar-refractivity contribution in [3.8, 4) is 11.3 Å². The first-order valence-corrected chi connectivity index (χ1v) is 6.48. The summed E-state index contributed by atoms with van der Waals surface area (Å²) in [5, 5.41) is 9.60. The van der Waals surface area contributed by atoms with E-state index in [2.05, 4.69) is 15.5 Å². The van der Waals surface area contributed by atoms with E-state index in [1.165, 1.54) is 0 Å². The van der Waals surface area contributed by atoms with Gasteiger partial charge in [-0.2, -0.15) is 5.10 Å². The molecule has 0 radical (unpaired) electrons. The molecule has 0 saturated carbocycles. The van der Waals surface area contributed by atoms with E-state index in [0.29, 0.717) is 0 Å². The summed E-state index contributed by atoms with van der Waals surface area (Å²) in [6, 6.07) is 9.45. The van der Waals surface area contributed by atoms with E-state index in [-0.39, 0.29) is 18.1 Å². The highest BCUT2D eigenvalue weighted by atomic mass is 16.5. The molecule has 0 saturated heterocycles. The zero-order valence-corrected chi connectivity index (χ0v) is 11.9. The van der Waals surface area contributed by atoms with Crippen molar-refractivity contribution in [3.05, 3.63) is 36.5 Å². The van der Waals surface area contributed by atoms with E-state index in [4.69, 9.17) is 4.74 Å². The van der Waals surface area contributed by atoms with Crippen molar-refractivity contribution >= 4 is 11.6 Å². The van der Waals surface area contributed by atoms with Gasteiger partial charge in [-0.1, -0.05) is 12.1 Å². The summed E-state index contributed by atoms with van der Waals surface area (Å²) in [6.07, 6.45) is 1.70. The van der Waals surface area contributed by atoms with E-state index in [9.17, 15) is 4.79 Å². The lowest BCUT2D eigenvalue weighted by atomic mass is 10.1. The molecule has 1 aromatic heterocycles. The third-order valence-electron chi connectivity index (χ3n) is 2.62. The number of hydrogen-bond acceptors (Lipinski definition) is 3. The molecule has 5 heteroatoms. The van der Waals surface area contributed by atoms with Crippen LogP contribution in [0.3, 0.4) is 0 Å². The third kappa shape index (κ3) is 4.20. The molecule has 0 spiro atoms. The lowest BCUT2D eigenvalue weighted by molar-refractivity contribution is -0.125. The molecule has 1 heterocycles. The highest BCUT2D eigenvalue weighted by molar-refractivity contribution is 5.91. The molecule has 106 valence electrons. The van der Waals surface area contributed by atoms with Gasteiger partial charge in [0.25, 0.3) is 0 Å². The second kappa shape index (κ2) is 5.88. The van der Waals surface area contributed by atoms with Gasteiger partial charge in [-0.25, -0.2) is 0 Å². The molecule has 0 fully saturated rings. The number of anilines is 1. The van der Waals surface area contributed by atoms with Crippen molar-refractivity contribution in [2.24, 2.45) is 0 Å². The number of hydrogen-bond donors (Lipinski definition) is 2. The topological polar surface area (TPSA) is 67.0 Å². The van der Waals surface area contributed by atoms with Crippen LogP contribution in [0.25, 0.3) is 11.3 Å². The average molecular weight is 273 g/mol. The van der Waals surface area contributed by atoms with Crippen LogP contribution in [-0.2, 0) is 9.53 Å². The van der Waals surface area contributed by atoms with Crippen molar-refractivity contribution in [2.75, 3.05) is 11.9 Å². The molecule has 2 rings (SSSR count). The van der Waals surface area contributed by atoms with Gasteiger partial charge >= 0.3 is 0 Å². The highest BCUT2D eigenvalue weighted by Gasteiger charge is 2.12. The molecule has 0 atom stereocenters. The summed E-state index contributed by atoms with van der Waals surface area (Å²) in [5.74, 6) is -0.158. The summed E-state index contributed by atoms with van der Waals surface area (Å²) in [5.41, 5.74) is 2.39. The van der Waals surface area contributed by atoms with Crippen LogP contribution in [0, 0.1) is 0 Å². The Labute approximate surface area is 118 Å². The summed E-state index contributed by atoms with van der Waals surface area (Å²) >= 11 is 0. The number of aromatic nitrogens is 2. The van der Waals surface area contributed by atoms with Crippen molar-refractivity contribution < 1.29 is 9.53 Å². The van der Waals surface area contributed by atoms with Gasteiger partial charge in [0.1, 0.15) is 6.61 Å². The SMILES string of the molecule is CC(C)(C)OCC(=O)Nc1ccc(-c2ccn[nH]2)cc1. The molecule has 1 aromatic carbocycles. The van der Waals surface area contributed by atoms with Crippen molar-refractivity contribution in [2.45, 2.75) is 26.4 Å². The molecule has 5 nitrogen and oxygen atoms in total. The average Bonchev–Trinajstić information content (AvgIpc) is 2.90. The fourth-order valence-electron chi connectivity index (χ4n) is 1.63. The van der Waals surface area contributed by atoms with Crippen LogP contribution < -0.4 is 5.32 Å². The Hall–Kier alpha value is -2.14. The van der Waals surface area contributed by atoms with Gasteiger partial charge in [-0.05, 0) is 44.5 Å². The van der Waals surface area contributed by atoms with Gasteiger partial charge in [0, 0.05) is 11.9 Å². The highest BCUT2D eigenvalue weighted by Crippen LogP contribution is 2.18. The van der Waals surface area contributed by atoms with Crippen LogP contribution >= 0.6 is 0 Å². The maximum absolute atomic E-state index is 11.7. The first-order valence-electron chi connectivity index (χ1n) is 6.48. The molecule has 0 aliphatic rings. The van der Waals surface area contributed by atoms with Gasteiger partial charge < -0.3 is 10.1 Å². The van der Waals surface area contributed by atoms with E-state index in [0.717, 1.165) is 16.9 Å². The van der Waals surface area contributed by atoms with Crippen LogP contribution in [-0.4, -0.2) is 28.3 Å². The Morgan fingerprint density at radius 1 is 1.25 bits per heavy atom. The van der Waals surface area contributed by atoms with Crippen molar-refractivity contribution in [1.29, 1.82) is 0 Å². The summed E-state index contributed by atoms with van der Waals surface area (Å²) in [4.78, 5) is 11.7. The molecule has 0 aliphatic heterocycles. The van der Waals surface area contributed by atoms with Crippen LogP contribution in [0.2, 0.25) is 0 Å². The number of nitrogens with one attached hydrogen (secondary N) is 2. The first-order chi connectivity index (χ1) is 9.44. The number of nitrogens with zero attached hydrogens (tertiary/aromatic N) is 1. The normalized spacial score (nSPS) is 11.3. The molecule has 2 N–H and O–H groups in total. The minimum absolute atomic E-state index is 0.0474. The predicted molar refractivity (Wildman–Crippen MR) is 78.4 cm³/mol. The Balaban J connectivity index is 1.92. The zero-order chi connectivity index (χ0) is 14.6. The molecule has 0 aliphatic carbocycles. The second-order valence-corrected chi connectivity index (χ2v) is 5.50. The van der Waals surface area contributed by atoms with Gasteiger partial charge in [0.15, 0.2) is 0 Å². The molecule has 20 heavy (non-hydrogen) atoms. The van der Waals surface area contributed by atoms with Gasteiger partial charge in [0.2, 0.25) is 5.91 Å². The lowest BCUT2D eigenvalue weighted by Gasteiger charge is -2.19. The maximum atomic E-state index is 11.7. The summed E-state index contributed by atoms with van der Waals surface area (Å²) < 4.78 is 5.42. The fraction of sp³-hybridized carbons (Fsp3) is 0.333. The minimum atomic E-state index is -0.318. The molecule has 2 aromatic rings. The van der Waals surface area contributed by atoms with Crippen molar-refractivity contribution in [1.82, 2.24) is 10.2 Å². The number of amides is 1. The Morgan fingerprint density at radius 2 is 1.95 bits per heavy atom. The van der Waals surface area contributed by atoms with Gasteiger partial charge in [-0.3, -0.25) is 9.89 Å². The van der Waals surface area contributed by atoms with E-state index >= 15 is 0 Å². The number of H-pyrrole nitrogens is 1.